The van der Waals surface area contributed by atoms with Gasteiger partial charge in [0.15, 0.2) is 17.7 Å². The van der Waals surface area contributed by atoms with E-state index in [0.717, 1.165) is 0 Å². The van der Waals surface area contributed by atoms with Gasteiger partial charge in [-0.15, -0.1) is 0 Å². The summed E-state index contributed by atoms with van der Waals surface area (Å²) in [4.78, 5) is 29.8. The molecule has 0 spiro atoms. The monoisotopic (exact) mass is 327 g/mol. The highest BCUT2D eigenvalue weighted by atomic mass is 16.5. The van der Waals surface area contributed by atoms with Crippen LogP contribution in [0.5, 0.6) is 11.5 Å². The first kappa shape index (κ1) is 15.8. The summed E-state index contributed by atoms with van der Waals surface area (Å²) in [7, 11) is 0. The van der Waals surface area contributed by atoms with Gasteiger partial charge in [0.25, 0.3) is 5.91 Å². The van der Waals surface area contributed by atoms with Crippen LogP contribution in [0.2, 0.25) is 0 Å². The van der Waals surface area contributed by atoms with E-state index >= 15 is 0 Å². The highest BCUT2D eigenvalue weighted by Gasteiger charge is 2.31. The van der Waals surface area contributed by atoms with Crippen molar-refractivity contribution in [3.05, 3.63) is 42.6 Å². The second kappa shape index (κ2) is 6.57. The molecule has 0 saturated heterocycles. The van der Waals surface area contributed by atoms with Gasteiger partial charge in [-0.3, -0.25) is 9.59 Å². The number of anilines is 2. The van der Waals surface area contributed by atoms with E-state index in [-0.39, 0.29) is 36.3 Å². The van der Waals surface area contributed by atoms with Crippen LogP contribution in [0.1, 0.15) is 13.3 Å². The zero-order chi connectivity index (χ0) is 17.1. The van der Waals surface area contributed by atoms with Crippen LogP contribution in [-0.2, 0) is 9.59 Å². The lowest BCUT2D eigenvalue weighted by Crippen LogP contribution is -2.45. The third-order valence-corrected chi connectivity index (χ3v) is 3.68. The Hall–Kier alpha value is -3.09. The van der Waals surface area contributed by atoms with Crippen LogP contribution in [0, 0.1) is 0 Å². The van der Waals surface area contributed by atoms with Crippen molar-refractivity contribution in [3.8, 4) is 11.5 Å². The zero-order valence-corrected chi connectivity index (χ0v) is 13.1. The number of nitrogens with one attached hydrogen (secondary N) is 1. The molecule has 0 aliphatic carbocycles. The summed E-state index contributed by atoms with van der Waals surface area (Å²) in [5.41, 5.74) is 0.647. The molecule has 0 bridgehead atoms. The van der Waals surface area contributed by atoms with Crippen molar-refractivity contribution in [1.29, 1.82) is 0 Å². The van der Waals surface area contributed by atoms with Crippen LogP contribution in [0.4, 0.5) is 11.5 Å². The summed E-state index contributed by atoms with van der Waals surface area (Å²) in [6.07, 6.45) is 0.949. The highest BCUT2D eigenvalue weighted by Crippen LogP contribution is 2.33. The lowest BCUT2D eigenvalue weighted by Gasteiger charge is -2.32. The van der Waals surface area contributed by atoms with Gasteiger partial charge >= 0.3 is 0 Å². The molecule has 2 N–H and O–H groups in total. The van der Waals surface area contributed by atoms with Gasteiger partial charge in [0.05, 0.1) is 5.69 Å². The van der Waals surface area contributed by atoms with Gasteiger partial charge in [0.2, 0.25) is 5.91 Å². The van der Waals surface area contributed by atoms with Gasteiger partial charge in [-0.2, -0.15) is 0 Å². The van der Waals surface area contributed by atoms with Crippen molar-refractivity contribution in [1.82, 2.24) is 4.98 Å². The van der Waals surface area contributed by atoms with Crippen molar-refractivity contribution < 1.29 is 19.4 Å². The summed E-state index contributed by atoms with van der Waals surface area (Å²) in [6.45, 7) is 1.89. The molecule has 124 valence electrons. The first-order valence-corrected chi connectivity index (χ1v) is 7.57. The Balaban J connectivity index is 1.68. The van der Waals surface area contributed by atoms with Crippen LogP contribution < -0.4 is 15.0 Å². The molecule has 1 aromatic carbocycles. The van der Waals surface area contributed by atoms with Gasteiger partial charge < -0.3 is 20.1 Å². The minimum absolute atomic E-state index is 0.0722. The van der Waals surface area contributed by atoms with Crippen molar-refractivity contribution in [2.75, 3.05) is 16.8 Å². The highest BCUT2D eigenvalue weighted by molar-refractivity contribution is 6.00. The summed E-state index contributed by atoms with van der Waals surface area (Å²) < 4.78 is 5.56. The lowest BCUT2D eigenvalue weighted by molar-refractivity contribution is -0.125. The van der Waals surface area contributed by atoms with E-state index in [4.69, 9.17) is 4.74 Å². The molecule has 1 aliphatic heterocycles. The van der Waals surface area contributed by atoms with Crippen LogP contribution in [0.25, 0.3) is 0 Å². The van der Waals surface area contributed by atoms with Crippen molar-refractivity contribution in [2.45, 2.75) is 19.4 Å². The van der Waals surface area contributed by atoms with E-state index in [0.29, 0.717) is 11.4 Å². The van der Waals surface area contributed by atoms with E-state index < -0.39 is 6.10 Å². The minimum atomic E-state index is -0.595. The standard InChI is InChI=1S/C17H17N3O4/c1-11-17(23)20(12-5-2-3-7-14(12)24-11)10-8-15(22)19-16-13(21)6-4-9-18-16/h2-7,9,11,21H,8,10H2,1H3,(H,18,19,22)/t11-/m0/s1. The van der Waals surface area contributed by atoms with Crippen molar-refractivity contribution in [2.24, 2.45) is 0 Å². The summed E-state index contributed by atoms with van der Waals surface area (Å²) >= 11 is 0. The topological polar surface area (TPSA) is 91.8 Å². The predicted molar refractivity (Wildman–Crippen MR) is 88.0 cm³/mol. The largest absolute Gasteiger partial charge is 0.504 e. The normalized spacial score (nSPS) is 16.3. The van der Waals surface area contributed by atoms with Crippen LogP contribution in [0.3, 0.4) is 0 Å². The average molecular weight is 327 g/mol. The number of nitrogens with zero attached hydrogens (tertiary/aromatic N) is 2. The van der Waals surface area contributed by atoms with Crippen molar-refractivity contribution >= 4 is 23.3 Å². The molecule has 0 unspecified atom stereocenters. The van der Waals surface area contributed by atoms with Gasteiger partial charge in [0, 0.05) is 19.2 Å². The quantitative estimate of drug-likeness (QED) is 0.895. The third kappa shape index (κ3) is 3.15. The number of aromatic nitrogens is 1. The number of carbonyl (C=O) groups excluding carboxylic acids is 2. The molecule has 1 aromatic heterocycles. The second-order valence-electron chi connectivity index (χ2n) is 5.39. The zero-order valence-electron chi connectivity index (χ0n) is 13.1. The molecule has 24 heavy (non-hydrogen) atoms. The fraction of sp³-hybridized carbons (Fsp3) is 0.235. The molecular formula is C17H17N3O4. The molecule has 7 heteroatoms. The van der Waals surface area contributed by atoms with Crippen LogP contribution >= 0.6 is 0 Å². The molecule has 0 saturated carbocycles. The molecule has 7 nitrogen and oxygen atoms in total. The lowest BCUT2D eigenvalue weighted by atomic mass is 10.1. The third-order valence-electron chi connectivity index (χ3n) is 3.68. The SMILES string of the molecule is C[C@@H]1Oc2ccccc2N(CCC(=O)Nc2ncccc2O)C1=O. The molecular weight excluding hydrogens is 310 g/mol. The molecule has 1 atom stereocenters. The summed E-state index contributed by atoms with van der Waals surface area (Å²) in [5.74, 6) is 0.0832. The number of rotatable bonds is 4. The number of benzene rings is 1. The van der Waals surface area contributed by atoms with E-state index in [2.05, 4.69) is 10.3 Å². The van der Waals surface area contributed by atoms with E-state index in [9.17, 15) is 14.7 Å². The number of ether oxygens (including phenoxy) is 1. The summed E-state index contributed by atoms with van der Waals surface area (Å²) in [6, 6.07) is 10.2. The average Bonchev–Trinajstić information content (AvgIpc) is 2.57. The second-order valence-corrected chi connectivity index (χ2v) is 5.39. The van der Waals surface area contributed by atoms with Gasteiger partial charge in [-0.1, -0.05) is 12.1 Å². The number of amides is 2. The Morgan fingerprint density at radius 3 is 2.92 bits per heavy atom. The maximum atomic E-state index is 12.3. The smallest absolute Gasteiger partial charge is 0.267 e. The molecule has 0 radical (unpaired) electrons. The molecule has 0 fully saturated rings. The van der Waals surface area contributed by atoms with Crippen molar-refractivity contribution in [3.63, 3.8) is 0 Å². The molecule has 3 rings (SSSR count). The Morgan fingerprint density at radius 2 is 2.12 bits per heavy atom. The first-order chi connectivity index (χ1) is 11.6. The van der Waals surface area contributed by atoms with E-state index in [1.165, 1.54) is 12.3 Å². The fourth-order valence-corrected chi connectivity index (χ4v) is 2.49. The van der Waals surface area contributed by atoms with Gasteiger partial charge in [-0.25, -0.2) is 4.98 Å². The number of carbonyl (C=O) groups is 2. The molecule has 1 aliphatic rings. The summed E-state index contributed by atoms with van der Waals surface area (Å²) in [5, 5.41) is 12.2. The van der Waals surface area contributed by atoms with Gasteiger partial charge in [-0.05, 0) is 31.2 Å². The van der Waals surface area contributed by atoms with E-state index in [1.54, 1.807) is 30.0 Å². The molecule has 2 heterocycles. The predicted octanol–water partition coefficient (Wildman–Crippen LogP) is 1.93. The van der Waals surface area contributed by atoms with E-state index in [1.807, 2.05) is 12.1 Å². The number of fused-ring (bicyclic) bond motifs is 1. The number of pyridine rings is 1. The van der Waals surface area contributed by atoms with Crippen LogP contribution in [0.15, 0.2) is 42.6 Å². The molecule has 2 amide bonds. The number of hydrogen-bond donors (Lipinski definition) is 2. The number of para-hydroxylation sites is 2. The Labute approximate surface area is 138 Å². The molecule has 2 aromatic rings. The fourth-order valence-electron chi connectivity index (χ4n) is 2.49. The van der Waals surface area contributed by atoms with Gasteiger partial charge in [0.1, 0.15) is 5.75 Å². The number of hydrogen-bond acceptors (Lipinski definition) is 5. The number of aromatic hydroxyl groups is 1. The first-order valence-electron chi connectivity index (χ1n) is 7.57. The maximum absolute atomic E-state index is 12.3. The Kier molecular flexibility index (Phi) is 4.33. The van der Waals surface area contributed by atoms with Crippen LogP contribution in [-0.4, -0.2) is 34.6 Å². The maximum Gasteiger partial charge on any atom is 0.267 e. The Bertz CT molecular complexity index is 778. The Morgan fingerprint density at radius 1 is 1.33 bits per heavy atom. The minimum Gasteiger partial charge on any atom is -0.504 e.